The van der Waals surface area contributed by atoms with E-state index in [1.54, 1.807) is 14.1 Å². The molecular formula is C13H16N2O6. The third kappa shape index (κ3) is 3.40. The number of carbonyl (C=O) groups is 3. The molecule has 1 fully saturated rings. The zero-order chi connectivity index (χ0) is 15.6. The van der Waals surface area contributed by atoms with Crippen LogP contribution in [-0.2, 0) is 9.53 Å². The maximum absolute atomic E-state index is 12.0. The first-order valence-corrected chi connectivity index (χ1v) is 6.32. The van der Waals surface area contributed by atoms with Crippen LogP contribution in [0.2, 0.25) is 0 Å². The normalized spacial score (nSPS) is 14.7. The largest absolute Gasteiger partial charge is 0.475 e. The maximum Gasteiger partial charge on any atom is 0.371 e. The Morgan fingerprint density at radius 3 is 2.48 bits per heavy atom. The molecule has 1 N–H and O–H groups in total. The SMILES string of the molecule is CN(C)C(=O)COC1CN(C(=O)c2ccc(C(=O)O)o2)C1. The summed E-state index contributed by atoms with van der Waals surface area (Å²) in [7, 11) is 3.28. The molecule has 0 atom stereocenters. The van der Waals surface area contributed by atoms with Crippen molar-refractivity contribution < 1.29 is 28.6 Å². The van der Waals surface area contributed by atoms with Gasteiger partial charge in [0.25, 0.3) is 5.91 Å². The van der Waals surface area contributed by atoms with Crippen molar-refractivity contribution in [1.29, 1.82) is 0 Å². The topological polar surface area (TPSA) is 100 Å². The molecule has 2 heterocycles. The van der Waals surface area contributed by atoms with Crippen molar-refractivity contribution in [3.8, 4) is 0 Å². The quantitative estimate of drug-likeness (QED) is 0.815. The molecule has 0 unspecified atom stereocenters. The van der Waals surface area contributed by atoms with E-state index in [9.17, 15) is 14.4 Å². The molecule has 8 nitrogen and oxygen atoms in total. The number of carbonyl (C=O) groups excluding carboxylic acids is 2. The Labute approximate surface area is 120 Å². The average Bonchev–Trinajstić information content (AvgIpc) is 2.85. The van der Waals surface area contributed by atoms with Gasteiger partial charge in [-0.05, 0) is 12.1 Å². The fourth-order valence-corrected chi connectivity index (χ4v) is 1.75. The predicted octanol–water partition coefficient (Wildman–Crippen LogP) is -0.0930. The van der Waals surface area contributed by atoms with Crippen molar-refractivity contribution in [2.45, 2.75) is 6.10 Å². The van der Waals surface area contributed by atoms with E-state index in [0.29, 0.717) is 13.1 Å². The van der Waals surface area contributed by atoms with E-state index in [4.69, 9.17) is 14.3 Å². The summed E-state index contributed by atoms with van der Waals surface area (Å²) in [6.45, 7) is 0.676. The molecular weight excluding hydrogens is 280 g/mol. The fraction of sp³-hybridized carbons (Fsp3) is 0.462. The van der Waals surface area contributed by atoms with Crippen molar-refractivity contribution in [3.05, 3.63) is 23.7 Å². The van der Waals surface area contributed by atoms with E-state index in [1.807, 2.05) is 0 Å². The second kappa shape index (κ2) is 5.96. The number of carboxylic acids is 1. The van der Waals surface area contributed by atoms with Crippen molar-refractivity contribution in [3.63, 3.8) is 0 Å². The molecule has 0 spiro atoms. The molecule has 0 bridgehead atoms. The monoisotopic (exact) mass is 296 g/mol. The van der Waals surface area contributed by atoms with Gasteiger partial charge in [0.1, 0.15) is 6.61 Å². The van der Waals surface area contributed by atoms with Gasteiger partial charge in [-0.15, -0.1) is 0 Å². The summed E-state index contributed by atoms with van der Waals surface area (Å²) in [6.07, 6.45) is -0.188. The first-order valence-electron chi connectivity index (χ1n) is 6.32. The number of hydrogen-bond acceptors (Lipinski definition) is 5. The van der Waals surface area contributed by atoms with Crippen LogP contribution in [0.1, 0.15) is 21.1 Å². The van der Waals surface area contributed by atoms with Crippen LogP contribution in [0.5, 0.6) is 0 Å². The number of aromatic carboxylic acids is 1. The Kier molecular flexibility index (Phi) is 4.27. The minimum atomic E-state index is -1.22. The van der Waals surface area contributed by atoms with Gasteiger partial charge in [-0.3, -0.25) is 9.59 Å². The Bertz CT molecular complexity index is 559. The molecule has 2 rings (SSSR count). The lowest BCUT2D eigenvalue weighted by molar-refractivity contribution is -0.138. The Hall–Kier alpha value is -2.35. The lowest BCUT2D eigenvalue weighted by atomic mass is 10.1. The van der Waals surface area contributed by atoms with Gasteiger partial charge >= 0.3 is 5.97 Å². The van der Waals surface area contributed by atoms with Crippen LogP contribution in [-0.4, -0.2) is 72.6 Å². The zero-order valence-electron chi connectivity index (χ0n) is 11.7. The third-order valence-electron chi connectivity index (χ3n) is 3.10. The van der Waals surface area contributed by atoms with E-state index < -0.39 is 5.97 Å². The molecule has 8 heteroatoms. The van der Waals surface area contributed by atoms with Gasteiger partial charge in [0.15, 0.2) is 5.76 Å². The van der Waals surface area contributed by atoms with E-state index in [0.717, 1.165) is 0 Å². The molecule has 21 heavy (non-hydrogen) atoms. The molecule has 1 aromatic heterocycles. The highest BCUT2D eigenvalue weighted by Gasteiger charge is 2.34. The number of nitrogens with zero attached hydrogens (tertiary/aromatic N) is 2. The van der Waals surface area contributed by atoms with E-state index in [-0.39, 0.29) is 36.0 Å². The average molecular weight is 296 g/mol. The maximum atomic E-state index is 12.0. The molecule has 2 amide bonds. The van der Waals surface area contributed by atoms with E-state index in [2.05, 4.69) is 0 Å². The summed E-state index contributed by atoms with van der Waals surface area (Å²) in [5.41, 5.74) is 0. The zero-order valence-corrected chi connectivity index (χ0v) is 11.7. The summed E-state index contributed by atoms with van der Waals surface area (Å²) < 4.78 is 10.3. The van der Waals surface area contributed by atoms with Crippen molar-refractivity contribution in [2.75, 3.05) is 33.8 Å². The summed E-state index contributed by atoms with van der Waals surface area (Å²) in [5, 5.41) is 8.72. The number of rotatable bonds is 5. The Morgan fingerprint density at radius 2 is 1.95 bits per heavy atom. The van der Waals surface area contributed by atoms with Crippen LogP contribution in [0.3, 0.4) is 0 Å². The van der Waals surface area contributed by atoms with Crippen LogP contribution < -0.4 is 0 Å². The first-order chi connectivity index (χ1) is 9.88. The van der Waals surface area contributed by atoms with Crippen LogP contribution in [0.4, 0.5) is 0 Å². The number of amides is 2. The van der Waals surface area contributed by atoms with Gasteiger partial charge in [0.2, 0.25) is 11.7 Å². The van der Waals surface area contributed by atoms with Crippen molar-refractivity contribution in [1.82, 2.24) is 9.80 Å². The molecule has 0 radical (unpaired) electrons. The third-order valence-corrected chi connectivity index (χ3v) is 3.10. The Morgan fingerprint density at radius 1 is 1.33 bits per heavy atom. The van der Waals surface area contributed by atoms with Gasteiger partial charge in [-0.25, -0.2) is 4.79 Å². The standard InChI is InChI=1S/C13H16N2O6/c1-14(2)11(16)7-20-8-5-15(6-8)12(17)9-3-4-10(21-9)13(18)19/h3-4,8H,5-7H2,1-2H3,(H,18,19). The van der Waals surface area contributed by atoms with Gasteiger partial charge in [0, 0.05) is 27.2 Å². The highest BCUT2D eigenvalue weighted by Crippen LogP contribution is 2.17. The number of carboxylic acid groups (broad SMARTS) is 1. The summed E-state index contributed by atoms with van der Waals surface area (Å²) >= 11 is 0. The lowest BCUT2D eigenvalue weighted by Crippen LogP contribution is -2.55. The summed E-state index contributed by atoms with van der Waals surface area (Å²) in [4.78, 5) is 36.9. The van der Waals surface area contributed by atoms with E-state index in [1.165, 1.54) is 21.9 Å². The molecule has 0 aliphatic carbocycles. The molecule has 114 valence electrons. The smallest absolute Gasteiger partial charge is 0.371 e. The minimum absolute atomic E-state index is 0.0183. The molecule has 1 aliphatic heterocycles. The second-order valence-corrected chi connectivity index (χ2v) is 4.90. The minimum Gasteiger partial charge on any atom is -0.475 e. The molecule has 0 saturated carbocycles. The van der Waals surface area contributed by atoms with Crippen LogP contribution in [0, 0.1) is 0 Å². The van der Waals surface area contributed by atoms with Crippen LogP contribution in [0.25, 0.3) is 0 Å². The highest BCUT2D eigenvalue weighted by atomic mass is 16.5. The first kappa shape index (κ1) is 15.0. The van der Waals surface area contributed by atoms with Crippen molar-refractivity contribution >= 4 is 17.8 Å². The fourth-order valence-electron chi connectivity index (χ4n) is 1.75. The number of likely N-dealkylation sites (N-methyl/N-ethyl adjacent to an activating group) is 1. The summed E-state index contributed by atoms with van der Waals surface area (Å²) in [6, 6.07) is 2.56. The number of likely N-dealkylation sites (tertiary alicyclic amines) is 1. The number of ether oxygens (including phenoxy) is 1. The lowest BCUT2D eigenvalue weighted by Gasteiger charge is -2.38. The molecule has 1 aromatic rings. The highest BCUT2D eigenvalue weighted by molar-refractivity contribution is 5.94. The van der Waals surface area contributed by atoms with Gasteiger partial charge in [0.05, 0.1) is 6.10 Å². The van der Waals surface area contributed by atoms with Crippen LogP contribution >= 0.6 is 0 Å². The number of furan rings is 1. The number of hydrogen-bond donors (Lipinski definition) is 1. The predicted molar refractivity (Wildman–Crippen MR) is 70.0 cm³/mol. The Balaban J connectivity index is 1.79. The second-order valence-electron chi connectivity index (χ2n) is 4.90. The molecule has 0 aromatic carbocycles. The van der Waals surface area contributed by atoms with Crippen molar-refractivity contribution in [2.24, 2.45) is 0 Å². The van der Waals surface area contributed by atoms with Gasteiger partial charge in [-0.2, -0.15) is 0 Å². The van der Waals surface area contributed by atoms with E-state index >= 15 is 0 Å². The van der Waals surface area contributed by atoms with Gasteiger partial charge in [-0.1, -0.05) is 0 Å². The molecule has 1 aliphatic rings. The summed E-state index contributed by atoms with van der Waals surface area (Å²) in [5.74, 6) is -2.04. The van der Waals surface area contributed by atoms with Crippen LogP contribution in [0.15, 0.2) is 16.5 Å². The van der Waals surface area contributed by atoms with Gasteiger partial charge < -0.3 is 24.1 Å². The molecule has 1 saturated heterocycles.